The summed E-state index contributed by atoms with van der Waals surface area (Å²) in [6, 6.07) is 0. The zero-order chi connectivity index (χ0) is 13.9. The van der Waals surface area contributed by atoms with Crippen LogP contribution in [-0.4, -0.2) is 33.7 Å². The Morgan fingerprint density at radius 2 is 1.78 bits per heavy atom. The van der Waals surface area contributed by atoms with Crippen molar-refractivity contribution >= 4 is 11.9 Å². The predicted octanol–water partition coefficient (Wildman–Crippen LogP) is 0.929. The smallest absolute Gasteiger partial charge is 0.307 e. The van der Waals surface area contributed by atoms with Crippen LogP contribution in [0.2, 0.25) is 0 Å². The molecule has 1 amide bonds. The van der Waals surface area contributed by atoms with Gasteiger partial charge in [0, 0.05) is 0 Å². The molecule has 5 heteroatoms. The van der Waals surface area contributed by atoms with Gasteiger partial charge in [-0.25, -0.2) is 0 Å². The summed E-state index contributed by atoms with van der Waals surface area (Å²) in [7, 11) is 0. The number of carboxylic acid groups (broad SMARTS) is 1. The van der Waals surface area contributed by atoms with Crippen molar-refractivity contribution in [3.8, 4) is 0 Å². The fraction of sp³-hybridized carbons (Fsp3) is 0.692. The Morgan fingerprint density at radius 1 is 1.28 bits per heavy atom. The molecule has 5 nitrogen and oxygen atoms in total. The highest BCUT2D eigenvalue weighted by Crippen LogP contribution is 2.27. The van der Waals surface area contributed by atoms with Crippen LogP contribution in [-0.2, 0) is 9.59 Å². The number of hydrogen-bond acceptors (Lipinski definition) is 3. The average molecular weight is 255 g/mol. The summed E-state index contributed by atoms with van der Waals surface area (Å²) in [5.74, 6) is -2.50. The first-order valence-corrected chi connectivity index (χ1v) is 6.13. The first kappa shape index (κ1) is 14.7. The minimum atomic E-state index is -0.950. The number of amides is 1. The van der Waals surface area contributed by atoms with Crippen LogP contribution in [0.25, 0.3) is 0 Å². The Hall–Kier alpha value is -1.36. The Bertz CT molecular complexity index is 360. The van der Waals surface area contributed by atoms with Crippen molar-refractivity contribution in [2.75, 3.05) is 0 Å². The Morgan fingerprint density at radius 3 is 2.22 bits per heavy atom. The van der Waals surface area contributed by atoms with Gasteiger partial charge in [0.2, 0.25) is 5.91 Å². The molecule has 1 unspecified atom stereocenters. The van der Waals surface area contributed by atoms with Crippen molar-refractivity contribution in [2.24, 2.45) is 11.8 Å². The number of nitrogens with one attached hydrogen (secondary N) is 1. The van der Waals surface area contributed by atoms with E-state index in [2.05, 4.69) is 5.32 Å². The summed E-state index contributed by atoms with van der Waals surface area (Å²) in [5, 5.41) is 21.4. The van der Waals surface area contributed by atoms with Crippen LogP contribution in [0, 0.1) is 11.8 Å². The monoisotopic (exact) mass is 255 g/mol. The second-order valence-electron chi connectivity index (χ2n) is 5.38. The van der Waals surface area contributed by atoms with Gasteiger partial charge in [0.15, 0.2) is 0 Å². The molecule has 3 N–H and O–H groups in total. The third kappa shape index (κ3) is 3.32. The third-order valence-electron chi connectivity index (χ3n) is 3.58. The number of carbonyl (C=O) groups excluding carboxylic acids is 1. The van der Waals surface area contributed by atoms with Crippen molar-refractivity contribution in [2.45, 2.75) is 45.3 Å². The molecule has 0 fully saturated rings. The number of carbonyl (C=O) groups is 2. The maximum Gasteiger partial charge on any atom is 0.307 e. The number of allylic oxidation sites excluding steroid dienone is 2. The molecule has 0 radical (unpaired) electrons. The van der Waals surface area contributed by atoms with Gasteiger partial charge in [-0.15, -0.1) is 0 Å². The lowest BCUT2D eigenvalue weighted by molar-refractivity contribution is -0.148. The number of aliphatic hydroxyl groups excluding tert-OH is 1. The lowest BCUT2D eigenvalue weighted by Gasteiger charge is -2.33. The Balaban J connectivity index is 2.76. The Labute approximate surface area is 107 Å². The molecule has 1 aliphatic rings. The first-order valence-electron chi connectivity index (χ1n) is 6.13. The van der Waals surface area contributed by atoms with E-state index in [0.717, 1.165) is 0 Å². The van der Waals surface area contributed by atoms with Crippen LogP contribution in [0.15, 0.2) is 12.2 Å². The van der Waals surface area contributed by atoms with Gasteiger partial charge >= 0.3 is 5.97 Å². The number of rotatable bonds is 4. The normalized spacial score (nSPS) is 25.6. The zero-order valence-corrected chi connectivity index (χ0v) is 11.0. The van der Waals surface area contributed by atoms with Crippen LogP contribution in [0.4, 0.5) is 0 Å². The minimum Gasteiger partial charge on any atom is -0.481 e. The number of aliphatic hydroxyl groups is 1. The molecule has 1 rings (SSSR count). The first-order chi connectivity index (χ1) is 8.25. The van der Waals surface area contributed by atoms with Gasteiger partial charge in [-0.2, -0.15) is 0 Å². The van der Waals surface area contributed by atoms with Crippen molar-refractivity contribution in [1.82, 2.24) is 5.32 Å². The van der Waals surface area contributed by atoms with Crippen LogP contribution in [0.3, 0.4) is 0 Å². The molecule has 18 heavy (non-hydrogen) atoms. The van der Waals surface area contributed by atoms with Gasteiger partial charge < -0.3 is 15.5 Å². The van der Waals surface area contributed by atoms with Crippen molar-refractivity contribution in [3.05, 3.63) is 12.2 Å². The predicted molar refractivity (Wildman–Crippen MR) is 66.9 cm³/mol. The third-order valence-corrected chi connectivity index (χ3v) is 3.58. The summed E-state index contributed by atoms with van der Waals surface area (Å²) in [6.45, 7) is 5.02. The SMILES string of the molecule is CC(O)C(C)(C)NC(=O)[C@@H]1CC=CC[C@@H]1C(=O)O. The molecule has 1 aliphatic carbocycles. The molecule has 0 aliphatic heterocycles. The molecule has 102 valence electrons. The van der Waals surface area contributed by atoms with Gasteiger partial charge in [0.05, 0.1) is 23.5 Å². The fourth-order valence-corrected chi connectivity index (χ4v) is 1.89. The molecular formula is C13H21NO4. The molecule has 0 heterocycles. The highest BCUT2D eigenvalue weighted by Gasteiger charge is 2.37. The minimum absolute atomic E-state index is 0.308. The number of aliphatic carboxylic acids is 1. The van der Waals surface area contributed by atoms with E-state index in [1.54, 1.807) is 26.8 Å². The van der Waals surface area contributed by atoms with Gasteiger partial charge in [-0.05, 0) is 33.6 Å². The maximum atomic E-state index is 12.1. The topological polar surface area (TPSA) is 86.6 Å². The van der Waals surface area contributed by atoms with Crippen molar-refractivity contribution in [1.29, 1.82) is 0 Å². The van der Waals surface area contributed by atoms with Crippen molar-refractivity contribution < 1.29 is 19.8 Å². The van der Waals surface area contributed by atoms with E-state index in [4.69, 9.17) is 5.11 Å². The van der Waals surface area contributed by atoms with E-state index in [1.807, 2.05) is 6.08 Å². The van der Waals surface area contributed by atoms with E-state index in [-0.39, 0.29) is 5.91 Å². The average Bonchev–Trinajstić information content (AvgIpc) is 2.28. The molecular weight excluding hydrogens is 234 g/mol. The summed E-state index contributed by atoms with van der Waals surface area (Å²) in [6.07, 6.45) is 3.73. The van der Waals surface area contributed by atoms with Crippen LogP contribution in [0.1, 0.15) is 33.6 Å². The number of hydrogen-bond donors (Lipinski definition) is 3. The van der Waals surface area contributed by atoms with Crippen molar-refractivity contribution in [3.63, 3.8) is 0 Å². The van der Waals surface area contributed by atoms with E-state index in [1.165, 1.54) is 0 Å². The summed E-state index contributed by atoms with van der Waals surface area (Å²) >= 11 is 0. The van der Waals surface area contributed by atoms with Crippen LogP contribution >= 0.6 is 0 Å². The van der Waals surface area contributed by atoms with Gasteiger partial charge in [0.25, 0.3) is 0 Å². The molecule has 3 atom stereocenters. The van der Waals surface area contributed by atoms with E-state index < -0.39 is 29.4 Å². The summed E-state index contributed by atoms with van der Waals surface area (Å²) in [4.78, 5) is 23.2. The van der Waals surface area contributed by atoms with Crippen LogP contribution < -0.4 is 5.32 Å². The molecule has 0 aromatic carbocycles. The summed E-state index contributed by atoms with van der Waals surface area (Å²) < 4.78 is 0. The highest BCUT2D eigenvalue weighted by atomic mass is 16.4. The van der Waals surface area contributed by atoms with E-state index in [9.17, 15) is 14.7 Å². The lowest BCUT2D eigenvalue weighted by Crippen LogP contribution is -2.54. The summed E-state index contributed by atoms with van der Waals surface area (Å²) in [5.41, 5.74) is -0.763. The largest absolute Gasteiger partial charge is 0.481 e. The highest BCUT2D eigenvalue weighted by molar-refractivity contribution is 5.85. The number of carboxylic acids is 1. The fourth-order valence-electron chi connectivity index (χ4n) is 1.89. The van der Waals surface area contributed by atoms with E-state index >= 15 is 0 Å². The maximum absolute atomic E-state index is 12.1. The second kappa shape index (κ2) is 5.52. The van der Waals surface area contributed by atoms with Gasteiger partial charge in [-0.1, -0.05) is 12.2 Å². The standard InChI is InChI=1S/C13H21NO4/c1-8(15)13(2,3)14-11(16)9-6-4-5-7-10(9)12(17)18/h4-5,8-10,15H,6-7H2,1-3H3,(H,14,16)(H,17,18)/t8?,9-,10+/m1/s1. The molecule has 0 bridgehead atoms. The molecule has 0 spiro atoms. The zero-order valence-electron chi connectivity index (χ0n) is 11.0. The Kier molecular flexibility index (Phi) is 4.51. The van der Waals surface area contributed by atoms with Gasteiger partial charge in [-0.3, -0.25) is 9.59 Å². The molecule has 0 aromatic rings. The molecule has 0 saturated heterocycles. The second-order valence-corrected chi connectivity index (χ2v) is 5.38. The van der Waals surface area contributed by atoms with Gasteiger partial charge in [0.1, 0.15) is 0 Å². The van der Waals surface area contributed by atoms with Crippen LogP contribution in [0.5, 0.6) is 0 Å². The van der Waals surface area contributed by atoms with E-state index in [0.29, 0.717) is 12.8 Å². The molecule has 0 saturated carbocycles. The molecule has 0 aromatic heterocycles. The quantitative estimate of drug-likeness (QED) is 0.652. The lowest BCUT2D eigenvalue weighted by atomic mass is 9.81.